The van der Waals surface area contributed by atoms with Crippen LogP contribution in [0.3, 0.4) is 0 Å². The fourth-order valence-electron chi connectivity index (χ4n) is 1.45. The smallest absolute Gasteiger partial charge is 0.308 e. The highest BCUT2D eigenvalue weighted by atomic mass is 16.4. The molecule has 2 aromatic heterocycles. The second kappa shape index (κ2) is 4.00. The molecule has 7 nitrogen and oxygen atoms in total. The van der Waals surface area contributed by atoms with Crippen molar-refractivity contribution < 1.29 is 9.90 Å². The van der Waals surface area contributed by atoms with E-state index in [2.05, 4.69) is 15.1 Å². The van der Waals surface area contributed by atoms with Crippen LogP contribution in [0.5, 0.6) is 0 Å². The van der Waals surface area contributed by atoms with Gasteiger partial charge >= 0.3 is 5.97 Å². The van der Waals surface area contributed by atoms with Gasteiger partial charge in [0, 0.05) is 17.7 Å². The molecule has 7 heteroatoms. The third kappa shape index (κ3) is 2.03. The predicted molar refractivity (Wildman–Crippen MR) is 59.0 cm³/mol. The quantitative estimate of drug-likeness (QED) is 0.791. The molecule has 0 radical (unpaired) electrons. The van der Waals surface area contributed by atoms with Crippen LogP contribution in [0, 0.1) is 0 Å². The minimum atomic E-state index is -1.06. The van der Waals surface area contributed by atoms with Gasteiger partial charge in [-0.25, -0.2) is 4.98 Å². The van der Waals surface area contributed by atoms with E-state index in [0.717, 1.165) is 0 Å². The predicted octanol–water partition coefficient (Wildman–Crippen LogP) is 0.168. The molecular formula is C10H12N4O3. The fraction of sp³-hybridized carbons (Fsp3) is 0.400. The van der Waals surface area contributed by atoms with Gasteiger partial charge in [0.15, 0.2) is 0 Å². The molecule has 0 aliphatic rings. The summed E-state index contributed by atoms with van der Waals surface area (Å²) in [5.41, 5.74) is -0.286. The van der Waals surface area contributed by atoms with Gasteiger partial charge in [-0.15, -0.1) is 0 Å². The molecule has 0 aliphatic heterocycles. The highest BCUT2D eigenvalue weighted by molar-refractivity contribution is 5.69. The highest BCUT2D eigenvalue weighted by Gasteiger charge is 2.12. The Kier molecular flexibility index (Phi) is 2.66. The lowest BCUT2D eigenvalue weighted by atomic mass is 10.2. The summed E-state index contributed by atoms with van der Waals surface area (Å²) in [5.74, 6) is -0.0265. The Hall–Kier alpha value is -2.18. The Morgan fingerprint density at radius 3 is 2.88 bits per heavy atom. The first-order valence-electron chi connectivity index (χ1n) is 5.17. The molecule has 0 atom stereocenters. The van der Waals surface area contributed by atoms with Crippen LogP contribution in [0.1, 0.15) is 31.2 Å². The molecule has 2 rings (SSSR count). The SMILES string of the molecule is CC(C)c1nc2ncc(CC(=O)O)c(=O)n2[nH]1. The minimum absolute atomic E-state index is 0.133. The van der Waals surface area contributed by atoms with Gasteiger partial charge in [-0.2, -0.15) is 9.50 Å². The second-order valence-corrected chi connectivity index (χ2v) is 4.06. The van der Waals surface area contributed by atoms with Gasteiger partial charge in [-0.05, 0) is 0 Å². The average molecular weight is 236 g/mol. The Balaban J connectivity index is 2.59. The molecule has 0 amide bonds. The summed E-state index contributed by atoms with van der Waals surface area (Å²) in [4.78, 5) is 30.6. The van der Waals surface area contributed by atoms with E-state index in [9.17, 15) is 9.59 Å². The van der Waals surface area contributed by atoms with Crippen molar-refractivity contribution in [2.75, 3.05) is 0 Å². The van der Waals surface area contributed by atoms with Gasteiger partial charge in [-0.1, -0.05) is 13.8 Å². The molecule has 2 N–H and O–H groups in total. The van der Waals surface area contributed by atoms with Crippen LogP contribution in [0.15, 0.2) is 11.0 Å². The molecule has 0 unspecified atom stereocenters. The number of nitrogens with zero attached hydrogens (tertiary/aromatic N) is 3. The molecule has 90 valence electrons. The molecule has 0 spiro atoms. The van der Waals surface area contributed by atoms with Crippen molar-refractivity contribution in [3.63, 3.8) is 0 Å². The van der Waals surface area contributed by atoms with Crippen molar-refractivity contribution in [2.24, 2.45) is 0 Å². The summed E-state index contributed by atoms with van der Waals surface area (Å²) in [6.07, 6.45) is 0.918. The molecule has 0 bridgehead atoms. The standard InChI is InChI=1S/C10H12N4O3/c1-5(2)8-12-10-11-4-6(3-7(15)16)9(17)14(10)13-8/h4-5H,3H2,1-2H3,(H,15,16)(H,11,12,13). The zero-order valence-corrected chi connectivity index (χ0v) is 9.47. The summed E-state index contributed by atoms with van der Waals surface area (Å²) in [7, 11) is 0. The number of nitrogens with one attached hydrogen (secondary N) is 1. The van der Waals surface area contributed by atoms with E-state index in [1.165, 1.54) is 10.7 Å². The van der Waals surface area contributed by atoms with Crippen molar-refractivity contribution in [3.05, 3.63) is 27.9 Å². The highest BCUT2D eigenvalue weighted by Crippen LogP contribution is 2.08. The van der Waals surface area contributed by atoms with Crippen LogP contribution in [-0.2, 0) is 11.2 Å². The first-order chi connectivity index (χ1) is 7.99. The van der Waals surface area contributed by atoms with Gasteiger partial charge in [0.25, 0.3) is 11.3 Å². The fourth-order valence-corrected chi connectivity index (χ4v) is 1.45. The monoisotopic (exact) mass is 236 g/mol. The van der Waals surface area contributed by atoms with Crippen LogP contribution in [0.2, 0.25) is 0 Å². The summed E-state index contributed by atoms with van der Waals surface area (Å²) < 4.78 is 1.17. The van der Waals surface area contributed by atoms with Crippen molar-refractivity contribution >= 4 is 11.7 Å². The molecule has 0 aliphatic carbocycles. The lowest BCUT2D eigenvalue weighted by molar-refractivity contribution is -0.136. The van der Waals surface area contributed by atoms with Gasteiger partial charge in [-0.3, -0.25) is 14.7 Å². The Labute approximate surface area is 96.1 Å². The average Bonchev–Trinajstić information content (AvgIpc) is 2.66. The molecule has 2 heterocycles. The van der Waals surface area contributed by atoms with Crippen molar-refractivity contribution in [3.8, 4) is 0 Å². The summed E-state index contributed by atoms with van der Waals surface area (Å²) >= 11 is 0. The third-order valence-corrected chi connectivity index (χ3v) is 2.35. The number of fused-ring (bicyclic) bond motifs is 1. The number of rotatable bonds is 3. The Morgan fingerprint density at radius 2 is 2.29 bits per heavy atom. The van der Waals surface area contributed by atoms with E-state index >= 15 is 0 Å². The number of hydrogen-bond acceptors (Lipinski definition) is 4. The summed E-state index contributed by atoms with van der Waals surface area (Å²) in [5, 5.41) is 11.5. The van der Waals surface area contributed by atoms with Crippen LogP contribution >= 0.6 is 0 Å². The van der Waals surface area contributed by atoms with E-state index in [4.69, 9.17) is 5.11 Å². The number of hydrogen-bond donors (Lipinski definition) is 2. The number of carboxylic acid groups (broad SMARTS) is 1. The third-order valence-electron chi connectivity index (χ3n) is 2.35. The van der Waals surface area contributed by atoms with E-state index in [1.807, 2.05) is 13.8 Å². The largest absolute Gasteiger partial charge is 0.481 e. The number of H-pyrrole nitrogens is 1. The molecule has 17 heavy (non-hydrogen) atoms. The summed E-state index contributed by atoms with van der Waals surface area (Å²) in [6.45, 7) is 3.86. The number of aliphatic carboxylic acids is 1. The maximum atomic E-state index is 11.9. The zero-order chi connectivity index (χ0) is 12.6. The van der Waals surface area contributed by atoms with E-state index in [-0.39, 0.29) is 23.7 Å². The van der Waals surface area contributed by atoms with Crippen LogP contribution in [0.25, 0.3) is 5.78 Å². The van der Waals surface area contributed by atoms with Crippen LogP contribution in [0.4, 0.5) is 0 Å². The lowest BCUT2D eigenvalue weighted by Crippen LogP contribution is -2.22. The van der Waals surface area contributed by atoms with Crippen LogP contribution in [-0.4, -0.2) is 30.7 Å². The maximum Gasteiger partial charge on any atom is 0.308 e. The van der Waals surface area contributed by atoms with Gasteiger partial charge < -0.3 is 5.11 Å². The molecular weight excluding hydrogens is 224 g/mol. The Morgan fingerprint density at radius 1 is 1.59 bits per heavy atom. The molecule has 2 aromatic rings. The van der Waals surface area contributed by atoms with E-state index < -0.39 is 11.5 Å². The first-order valence-corrected chi connectivity index (χ1v) is 5.17. The minimum Gasteiger partial charge on any atom is -0.481 e. The molecule has 0 fully saturated rings. The molecule has 0 saturated heterocycles. The number of carboxylic acids is 1. The number of aromatic nitrogens is 4. The topological polar surface area (TPSA) is 100 Å². The van der Waals surface area contributed by atoms with Gasteiger partial charge in [0.2, 0.25) is 0 Å². The van der Waals surface area contributed by atoms with Crippen molar-refractivity contribution in [1.82, 2.24) is 19.6 Å². The second-order valence-electron chi connectivity index (χ2n) is 4.06. The first kappa shape index (κ1) is 11.3. The van der Waals surface area contributed by atoms with Gasteiger partial charge in [0.05, 0.1) is 6.42 Å². The van der Waals surface area contributed by atoms with Crippen molar-refractivity contribution in [1.29, 1.82) is 0 Å². The Bertz CT molecular complexity index is 626. The van der Waals surface area contributed by atoms with Crippen LogP contribution < -0.4 is 5.56 Å². The normalized spacial score (nSPS) is 11.2. The number of carbonyl (C=O) groups is 1. The molecule has 0 aromatic carbocycles. The van der Waals surface area contributed by atoms with E-state index in [1.54, 1.807) is 0 Å². The number of aromatic amines is 1. The summed E-state index contributed by atoms with van der Waals surface area (Å²) in [6, 6.07) is 0. The van der Waals surface area contributed by atoms with Crippen molar-refractivity contribution in [2.45, 2.75) is 26.2 Å². The lowest BCUT2D eigenvalue weighted by Gasteiger charge is -1.96. The molecule has 0 saturated carbocycles. The van der Waals surface area contributed by atoms with Gasteiger partial charge in [0.1, 0.15) is 5.82 Å². The maximum absolute atomic E-state index is 11.9. The van der Waals surface area contributed by atoms with E-state index in [0.29, 0.717) is 5.82 Å². The zero-order valence-electron chi connectivity index (χ0n) is 9.47.